The van der Waals surface area contributed by atoms with E-state index >= 15 is 0 Å². The molecule has 0 saturated carbocycles. The topological polar surface area (TPSA) is 64.9 Å². The Morgan fingerprint density at radius 1 is 1.15 bits per heavy atom. The number of anilines is 1. The van der Waals surface area contributed by atoms with Crippen LogP contribution in [0.3, 0.4) is 0 Å². The average molecular weight is 263 g/mol. The minimum Gasteiger partial charge on any atom is -0.361 e. The van der Waals surface area contributed by atoms with Crippen LogP contribution < -0.4 is 10.6 Å². The van der Waals surface area contributed by atoms with E-state index in [1.807, 2.05) is 31.2 Å². The van der Waals surface area contributed by atoms with Gasteiger partial charge in [0, 0.05) is 0 Å². The number of nitrogens with zero attached hydrogens (tertiary/aromatic N) is 1. The number of carbonyl (C=O) groups excluding carboxylic acids is 1. The molecule has 20 heavy (non-hydrogen) atoms. The standard InChI is InChI=1S/C16H13N3O/c1-10-4-2-7-13-14(10)18-15(19-16(13)20)12-6-3-5-11(8-12)9-17/h2-8,15,18H,1H3,(H,19,20)/t15-/m1/s1. The van der Waals surface area contributed by atoms with Crippen LogP contribution in [-0.2, 0) is 0 Å². The van der Waals surface area contributed by atoms with Crippen molar-refractivity contribution in [2.45, 2.75) is 13.1 Å². The number of nitriles is 1. The van der Waals surface area contributed by atoms with Crippen LogP contribution in [0.4, 0.5) is 5.69 Å². The second-order valence-corrected chi connectivity index (χ2v) is 4.79. The van der Waals surface area contributed by atoms with E-state index in [-0.39, 0.29) is 12.1 Å². The minimum atomic E-state index is -0.315. The number of amides is 1. The van der Waals surface area contributed by atoms with E-state index in [9.17, 15) is 4.79 Å². The zero-order valence-electron chi connectivity index (χ0n) is 11.0. The molecule has 98 valence electrons. The molecule has 0 aliphatic carbocycles. The highest BCUT2D eigenvalue weighted by molar-refractivity contribution is 6.02. The van der Waals surface area contributed by atoms with Crippen LogP contribution in [0.1, 0.15) is 33.2 Å². The molecule has 0 bridgehead atoms. The van der Waals surface area contributed by atoms with E-state index in [1.165, 1.54) is 0 Å². The van der Waals surface area contributed by atoms with Crippen LogP contribution in [0.25, 0.3) is 0 Å². The number of carbonyl (C=O) groups is 1. The summed E-state index contributed by atoms with van der Waals surface area (Å²) in [6.07, 6.45) is -0.315. The third-order valence-corrected chi connectivity index (χ3v) is 3.43. The van der Waals surface area contributed by atoms with Gasteiger partial charge in [-0.25, -0.2) is 0 Å². The Balaban J connectivity index is 2.01. The molecule has 1 aliphatic heterocycles. The lowest BCUT2D eigenvalue weighted by molar-refractivity contribution is 0.0935. The number of aryl methyl sites for hydroxylation is 1. The Hall–Kier alpha value is -2.80. The van der Waals surface area contributed by atoms with Crippen molar-refractivity contribution in [2.24, 2.45) is 0 Å². The fourth-order valence-corrected chi connectivity index (χ4v) is 2.39. The van der Waals surface area contributed by atoms with Crippen molar-refractivity contribution in [3.05, 3.63) is 64.7 Å². The summed E-state index contributed by atoms with van der Waals surface area (Å²) < 4.78 is 0. The molecule has 0 unspecified atom stereocenters. The molecule has 0 saturated heterocycles. The highest BCUT2D eigenvalue weighted by Gasteiger charge is 2.25. The maximum atomic E-state index is 12.2. The van der Waals surface area contributed by atoms with Crippen LogP contribution in [-0.4, -0.2) is 5.91 Å². The Morgan fingerprint density at radius 3 is 2.75 bits per heavy atom. The Kier molecular flexibility index (Phi) is 2.88. The molecule has 0 aromatic heterocycles. The molecule has 2 aromatic carbocycles. The van der Waals surface area contributed by atoms with Gasteiger partial charge in [0.25, 0.3) is 5.91 Å². The van der Waals surface area contributed by atoms with Crippen molar-refractivity contribution < 1.29 is 4.79 Å². The first-order chi connectivity index (χ1) is 9.69. The van der Waals surface area contributed by atoms with Gasteiger partial charge in [0.2, 0.25) is 0 Å². The monoisotopic (exact) mass is 263 g/mol. The average Bonchev–Trinajstić information content (AvgIpc) is 2.48. The summed E-state index contributed by atoms with van der Waals surface area (Å²) >= 11 is 0. The van der Waals surface area contributed by atoms with Gasteiger partial charge in [-0.05, 0) is 36.2 Å². The summed E-state index contributed by atoms with van der Waals surface area (Å²) in [4.78, 5) is 12.2. The summed E-state index contributed by atoms with van der Waals surface area (Å²) in [7, 11) is 0. The first kappa shape index (κ1) is 12.2. The molecule has 1 amide bonds. The molecular formula is C16H13N3O. The van der Waals surface area contributed by atoms with E-state index in [0.29, 0.717) is 11.1 Å². The number of hydrogen-bond acceptors (Lipinski definition) is 3. The molecule has 0 radical (unpaired) electrons. The number of nitrogens with one attached hydrogen (secondary N) is 2. The fraction of sp³-hybridized carbons (Fsp3) is 0.125. The van der Waals surface area contributed by atoms with Gasteiger partial charge in [0.15, 0.2) is 0 Å². The van der Waals surface area contributed by atoms with Crippen molar-refractivity contribution >= 4 is 11.6 Å². The predicted octanol–water partition coefficient (Wildman–Crippen LogP) is 2.72. The molecular weight excluding hydrogens is 250 g/mol. The molecule has 0 fully saturated rings. The third-order valence-electron chi connectivity index (χ3n) is 3.43. The molecule has 1 heterocycles. The zero-order chi connectivity index (χ0) is 14.1. The van der Waals surface area contributed by atoms with Crippen molar-refractivity contribution in [1.29, 1.82) is 5.26 Å². The summed E-state index contributed by atoms with van der Waals surface area (Å²) in [5, 5.41) is 15.2. The SMILES string of the molecule is Cc1cccc2c1N[C@@H](c1cccc(C#N)c1)NC2=O. The lowest BCUT2D eigenvalue weighted by Gasteiger charge is -2.29. The minimum absolute atomic E-state index is 0.102. The quantitative estimate of drug-likeness (QED) is 0.831. The van der Waals surface area contributed by atoms with E-state index < -0.39 is 0 Å². The molecule has 4 heteroatoms. The predicted molar refractivity (Wildman–Crippen MR) is 76.2 cm³/mol. The van der Waals surface area contributed by atoms with Crippen molar-refractivity contribution in [3.8, 4) is 6.07 Å². The highest BCUT2D eigenvalue weighted by atomic mass is 16.2. The van der Waals surface area contributed by atoms with Crippen LogP contribution >= 0.6 is 0 Å². The zero-order valence-corrected chi connectivity index (χ0v) is 11.0. The largest absolute Gasteiger partial charge is 0.361 e. The summed E-state index contributed by atoms with van der Waals surface area (Å²) in [5.41, 5.74) is 3.97. The van der Waals surface area contributed by atoms with E-state index in [2.05, 4.69) is 16.7 Å². The lowest BCUT2D eigenvalue weighted by atomic mass is 10.0. The number of rotatable bonds is 1. The molecule has 1 atom stereocenters. The van der Waals surface area contributed by atoms with E-state index in [0.717, 1.165) is 16.8 Å². The Labute approximate surface area is 117 Å². The lowest BCUT2D eigenvalue weighted by Crippen LogP contribution is -2.38. The van der Waals surface area contributed by atoms with Gasteiger partial charge >= 0.3 is 0 Å². The number of fused-ring (bicyclic) bond motifs is 1. The number of hydrogen-bond donors (Lipinski definition) is 2. The van der Waals surface area contributed by atoms with Crippen LogP contribution in [0.2, 0.25) is 0 Å². The van der Waals surface area contributed by atoms with Gasteiger partial charge in [-0.3, -0.25) is 4.79 Å². The van der Waals surface area contributed by atoms with Gasteiger partial charge in [-0.2, -0.15) is 5.26 Å². The van der Waals surface area contributed by atoms with E-state index in [1.54, 1.807) is 18.2 Å². The number of para-hydroxylation sites is 1. The third kappa shape index (κ3) is 1.99. The van der Waals surface area contributed by atoms with Crippen molar-refractivity contribution in [2.75, 3.05) is 5.32 Å². The van der Waals surface area contributed by atoms with Gasteiger partial charge in [-0.1, -0.05) is 24.3 Å². The van der Waals surface area contributed by atoms with Crippen LogP contribution in [0.15, 0.2) is 42.5 Å². The van der Waals surface area contributed by atoms with E-state index in [4.69, 9.17) is 5.26 Å². The van der Waals surface area contributed by atoms with Gasteiger partial charge in [0.05, 0.1) is 22.9 Å². The summed E-state index contributed by atoms with van der Waals surface area (Å²) in [6, 6.07) is 15.0. The fourth-order valence-electron chi connectivity index (χ4n) is 2.39. The smallest absolute Gasteiger partial charge is 0.255 e. The normalized spacial score (nSPS) is 16.6. The van der Waals surface area contributed by atoms with Crippen LogP contribution in [0.5, 0.6) is 0 Å². The van der Waals surface area contributed by atoms with Crippen molar-refractivity contribution in [1.82, 2.24) is 5.32 Å². The molecule has 2 N–H and O–H groups in total. The van der Waals surface area contributed by atoms with Gasteiger partial charge < -0.3 is 10.6 Å². The molecule has 4 nitrogen and oxygen atoms in total. The number of benzene rings is 2. The molecule has 2 aromatic rings. The maximum absolute atomic E-state index is 12.2. The second-order valence-electron chi connectivity index (χ2n) is 4.79. The van der Waals surface area contributed by atoms with Crippen molar-refractivity contribution in [3.63, 3.8) is 0 Å². The van der Waals surface area contributed by atoms with Gasteiger partial charge in [-0.15, -0.1) is 0 Å². The first-order valence-electron chi connectivity index (χ1n) is 6.36. The Bertz CT molecular complexity index is 731. The first-order valence-corrected chi connectivity index (χ1v) is 6.36. The summed E-state index contributed by atoms with van der Waals surface area (Å²) in [6.45, 7) is 1.97. The molecule has 3 rings (SSSR count). The molecule has 0 spiro atoms. The second kappa shape index (κ2) is 4.71. The summed E-state index contributed by atoms with van der Waals surface area (Å²) in [5.74, 6) is -0.102. The van der Waals surface area contributed by atoms with Crippen LogP contribution in [0, 0.1) is 18.3 Å². The molecule has 1 aliphatic rings. The maximum Gasteiger partial charge on any atom is 0.255 e. The Morgan fingerprint density at radius 2 is 1.95 bits per heavy atom. The van der Waals surface area contributed by atoms with Gasteiger partial charge in [0.1, 0.15) is 6.17 Å². The highest BCUT2D eigenvalue weighted by Crippen LogP contribution is 2.29.